The minimum absolute atomic E-state index is 0.184. The fraction of sp³-hybridized carbons (Fsp3) is 0.500. The molecule has 0 saturated heterocycles. The molecule has 20 heavy (non-hydrogen) atoms. The van der Waals surface area contributed by atoms with E-state index in [0.29, 0.717) is 33.9 Å². The van der Waals surface area contributed by atoms with E-state index in [4.69, 9.17) is 33.7 Å². The van der Waals surface area contributed by atoms with Crippen molar-refractivity contribution in [3.8, 4) is 5.75 Å². The lowest BCUT2D eigenvalue weighted by atomic mass is 10.1. The predicted octanol–water partition coefficient (Wildman–Crippen LogP) is 3.51. The van der Waals surface area contributed by atoms with Crippen LogP contribution in [0.4, 0.5) is 5.69 Å². The van der Waals surface area contributed by atoms with Crippen molar-refractivity contribution in [2.24, 2.45) is 5.92 Å². The molecule has 0 bridgehead atoms. The normalized spacial score (nSPS) is 12.3. The molecule has 1 aromatic carbocycles. The quantitative estimate of drug-likeness (QED) is 0.789. The first-order chi connectivity index (χ1) is 9.31. The number of hydrogen-bond donors (Lipinski definition) is 2. The number of nitrogens with two attached hydrogens (primary N) is 1. The lowest BCUT2D eigenvalue weighted by Crippen LogP contribution is -2.37. The van der Waals surface area contributed by atoms with Crippen LogP contribution in [-0.4, -0.2) is 18.6 Å². The van der Waals surface area contributed by atoms with E-state index in [2.05, 4.69) is 19.2 Å². The minimum Gasteiger partial charge on any atom is -0.479 e. The van der Waals surface area contributed by atoms with Gasteiger partial charge in [0.2, 0.25) is 0 Å². The molecule has 0 spiro atoms. The summed E-state index contributed by atoms with van der Waals surface area (Å²) >= 11 is 11.7. The maximum absolute atomic E-state index is 11.9. The molecule has 4 nitrogen and oxygen atoms in total. The summed E-state index contributed by atoms with van der Waals surface area (Å²) in [5.74, 6) is 0.708. The maximum Gasteiger partial charge on any atom is 0.260 e. The molecule has 1 aromatic rings. The zero-order valence-electron chi connectivity index (χ0n) is 11.9. The lowest BCUT2D eigenvalue weighted by Gasteiger charge is -2.17. The van der Waals surface area contributed by atoms with Gasteiger partial charge in [0, 0.05) is 12.6 Å². The molecule has 1 amide bonds. The molecule has 0 aromatic heterocycles. The Morgan fingerprint density at radius 1 is 1.30 bits per heavy atom. The zero-order valence-corrected chi connectivity index (χ0v) is 13.4. The standard InChI is InChI=1S/C14H20Cl2N2O2/c1-8(2)4-5-18-14(19)9(3)20-13-7-11(16)10(15)6-12(13)17/h6-9H,4-5,17H2,1-3H3,(H,18,19). The minimum atomic E-state index is -0.651. The highest BCUT2D eigenvalue weighted by molar-refractivity contribution is 6.42. The van der Waals surface area contributed by atoms with E-state index >= 15 is 0 Å². The van der Waals surface area contributed by atoms with Crippen molar-refractivity contribution in [1.29, 1.82) is 0 Å². The van der Waals surface area contributed by atoms with Gasteiger partial charge < -0.3 is 15.8 Å². The lowest BCUT2D eigenvalue weighted by molar-refractivity contribution is -0.127. The molecule has 0 saturated carbocycles. The number of carbonyl (C=O) groups is 1. The van der Waals surface area contributed by atoms with Crippen LogP contribution < -0.4 is 15.8 Å². The van der Waals surface area contributed by atoms with E-state index in [1.165, 1.54) is 12.1 Å². The third-order valence-corrected chi connectivity index (χ3v) is 3.47. The molecular formula is C14H20Cl2N2O2. The summed E-state index contributed by atoms with van der Waals surface area (Å²) in [6.45, 7) is 6.48. The molecule has 0 fully saturated rings. The molecule has 1 unspecified atom stereocenters. The molecule has 0 aliphatic carbocycles. The number of amides is 1. The molecule has 1 atom stereocenters. The number of ether oxygens (including phenoxy) is 1. The molecule has 3 N–H and O–H groups in total. The van der Waals surface area contributed by atoms with Gasteiger partial charge in [-0.15, -0.1) is 0 Å². The second kappa shape index (κ2) is 7.60. The van der Waals surface area contributed by atoms with Gasteiger partial charge in [-0.1, -0.05) is 37.0 Å². The van der Waals surface area contributed by atoms with E-state index in [1.807, 2.05) is 0 Å². The molecule has 6 heteroatoms. The van der Waals surface area contributed by atoms with E-state index in [9.17, 15) is 4.79 Å². The number of halogens is 2. The summed E-state index contributed by atoms with van der Waals surface area (Å²) in [5.41, 5.74) is 6.13. The predicted molar refractivity (Wildman–Crippen MR) is 83.4 cm³/mol. The number of hydrogen-bond acceptors (Lipinski definition) is 3. The van der Waals surface area contributed by atoms with E-state index < -0.39 is 6.10 Å². The Bertz CT molecular complexity index is 478. The summed E-state index contributed by atoms with van der Waals surface area (Å²) in [4.78, 5) is 11.9. The topological polar surface area (TPSA) is 64.3 Å². The van der Waals surface area contributed by atoms with Crippen LogP contribution in [0.15, 0.2) is 12.1 Å². The van der Waals surface area contributed by atoms with Crippen LogP contribution in [0, 0.1) is 5.92 Å². The van der Waals surface area contributed by atoms with Gasteiger partial charge in [-0.2, -0.15) is 0 Å². The van der Waals surface area contributed by atoms with Crippen molar-refractivity contribution < 1.29 is 9.53 Å². The second-order valence-corrected chi connectivity index (χ2v) is 5.85. The van der Waals surface area contributed by atoms with Crippen LogP contribution in [0.5, 0.6) is 5.75 Å². The maximum atomic E-state index is 11.9. The summed E-state index contributed by atoms with van der Waals surface area (Å²) in [5, 5.41) is 3.50. The third-order valence-electron chi connectivity index (χ3n) is 2.75. The van der Waals surface area contributed by atoms with Crippen LogP contribution in [0.2, 0.25) is 10.0 Å². The van der Waals surface area contributed by atoms with Crippen LogP contribution in [0.1, 0.15) is 27.2 Å². The number of carbonyl (C=O) groups excluding carboxylic acids is 1. The molecule has 0 aliphatic heterocycles. The van der Waals surface area contributed by atoms with Gasteiger partial charge in [0.15, 0.2) is 6.10 Å². The van der Waals surface area contributed by atoms with Gasteiger partial charge in [-0.25, -0.2) is 0 Å². The first-order valence-corrected chi connectivity index (χ1v) is 7.25. The molecule has 0 aliphatic rings. The molecule has 112 valence electrons. The van der Waals surface area contributed by atoms with Crippen molar-refractivity contribution in [3.05, 3.63) is 22.2 Å². The van der Waals surface area contributed by atoms with Crippen molar-refractivity contribution >= 4 is 34.8 Å². The van der Waals surface area contributed by atoms with E-state index in [0.717, 1.165) is 6.42 Å². The second-order valence-electron chi connectivity index (χ2n) is 5.04. The van der Waals surface area contributed by atoms with Gasteiger partial charge in [-0.3, -0.25) is 4.79 Å². The van der Waals surface area contributed by atoms with E-state index in [-0.39, 0.29) is 5.91 Å². The smallest absolute Gasteiger partial charge is 0.260 e. The Morgan fingerprint density at radius 3 is 2.50 bits per heavy atom. The number of benzene rings is 1. The van der Waals surface area contributed by atoms with Crippen LogP contribution >= 0.6 is 23.2 Å². The molecule has 1 rings (SSSR count). The molecule has 0 heterocycles. The monoisotopic (exact) mass is 318 g/mol. The Labute approximate surface area is 129 Å². The average molecular weight is 319 g/mol. The first kappa shape index (κ1) is 16.9. The van der Waals surface area contributed by atoms with Crippen molar-refractivity contribution in [3.63, 3.8) is 0 Å². The number of rotatable bonds is 6. The van der Waals surface area contributed by atoms with Crippen LogP contribution in [0.25, 0.3) is 0 Å². The van der Waals surface area contributed by atoms with Crippen LogP contribution in [-0.2, 0) is 4.79 Å². The molecular weight excluding hydrogens is 299 g/mol. The summed E-state index contributed by atoms with van der Waals surface area (Å²) in [6.07, 6.45) is 0.273. The Balaban J connectivity index is 2.59. The van der Waals surface area contributed by atoms with Crippen LogP contribution in [0.3, 0.4) is 0 Å². The summed E-state index contributed by atoms with van der Waals surface area (Å²) < 4.78 is 5.52. The SMILES string of the molecule is CC(C)CCNC(=O)C(C)Oc1cc(Cl)c(Cl)cc1N. The van der Waals surface area contributed by atoms with Gasteiger partial charge >= 0.3 is 0 Å². The summed E-state index contributed by atoms with van der Waals surface area (Å²) in [6, 6.07) is 3.01. The summed E-state index contributed by atoms with van der Waals surface area (Å²) in [7, 11) is 0. The Kier molecular flexibility index (Phi) is 6.43. The number of anilines is 1. The van der Waals surface area contributed by atoms with Crippen molar-refractivity contribution in [1.82, 2.24) is 5.32 Å². The first-order valence-electron chi connectivity index (χ1n) is 6.50. The Hall–Kier alpha value is -1.13. The third kappa shape index (κ3) is 5.10. The Morgan fingerprint density at radius 2 is 1.90 bits per heavy atom. The highest BCUT2D eigenvalue weighted by atomic mass is 35.5. The van der Waals surface area contributed by atoms with Crippen molar-refractivity contribution in [2.45, 2.75) is 33.3 Å². The van der Waals surface area contributed by atoms with E-state index in [1.54, 1.807) is 6.92 Å². The van der Waals surface area contributed by atoms with Crippen molar-refractivity contribution in [2.75, 3.05) is 12.3 Å². The highest BCUT2D eigenvalue weighted by Gasteiger charge is 2.16. The highest BCUT2D eigenvalue weighted by Crippen LogP contribution is 2.32. The van der Waals surface area contributed by atoms with Gasteiger partial charge in [0.05, 0.1) is 15.7 Å². The van der Waals surface area contributed by atoms with Gasteiger partial charge in [0.1, 0.15) is 5.75 Å². The number of nitrogens with one attached hydrogen (secondary N) is 1. The zero-order chi connectivity index (χ0) is 15.3. The largest absolute Gasteiger partial charge is 0.479 e. The van der Waals surface area contributed by atoms with Gasteiger partial charge in [0.25, 0.3) is 5.91 Å². The fourth-order valence-corrected chi connectivity index (χ4v) is 1.84. The van der Waals surface area contributed by atoms with Gasteiger partial charge in [-0.05, 0) is 25.3 Å². The molecule has 0 radical (unpaired) electrons. The average Bonchev–Trinajstić information content (AvgIpc) is 2.35. The number of nitrogen functional groups attached to an aromatic ring is 1. The fourth-order valence-electron chi connectivity index (χ4n) is 1.52.